The first kappa shape index (κ1) is 20.8. The monoisotopic (exact) mass is 403 g/mol. The lowest BCUT2D eigenvalue weighted by Gasteiger charge is -2.21. The maximum atomic E-state index is 12.6. The van der Waals surface area contributed by atoms with Crippen LogP contribution in [0, 0.1) is 11.8 Å². The maximum Gasteiger partial charge on any atom is 0.329 e. The summed E-state index contributed by atoms with van der Waals surface area (Å²) in [5.74, 6) is -1.72. The van der Waals surface area contributed by atoms with Gasteiger partial charge in [0.1, 0.15) is 17.5 Å². The number of hydrogen-bond donors (Lipinski definition) is 0. The van der Waals surface area contributed by atoms with E-state index in [2.05, 4.69) is 0 Å². The zero-order valence-corrected chi connectivity index (χ0v) is 16.8. The summed E-state index contributed by atoms with van der Waals surface area (Å²) in [4.78, 5) is 51.1. The SMILES string of the molecule is COc1ccc(C(=O)COC(=O)C(C)N2C(=O)C3CCCCC3C2=O)c(OC)c1. The number of methoxy groups -OCH3 is 2. The standard InChI is InChI=1S/C21H25NO7/c1-12(22-19(24)14-6-4-5-7-15(14)20(22)25)21(26)29-11-17(23)16-9-8-13(27-2)10-18(16)28-3/h8-10,12,14-15H,4-7,11H2,1-3H3. The molecular weight excluding hydrogens is 378 g/mol. The number of Topliss-reactive ketones (excluding diaryl/α,β-unsaturated/α-hetero) is 1. The minimum atomic E-state index is -1.06. The largest absolute Gasteiger partial charge is 0.497 e. The second-order valence-electron chi connectivity index (χ2n) is 7.32. The van der Waals surface area contributed by atoms with Gasteiger partial charge in [0, 0.05) is 6.07 Å². The van der Waals surface area contributed by atoms with Crippen LogP contribution in [0.15, 0.2) is 18.2 Å². The van der Waals surface area contributed by atoms with E-state index in [9.17, 15) is 19.2 Å². The second-order valence-corrected chi connectivity index (χ2v) is 7.32. The lowest BCUT2D eigenvalue weighted by molar-refractivity contribution is -0.157. The molecule has 1 aromatic rings. The summed E-state index contributed by atoms with van der Waals surface area (Å²) < 4.78 is 15.4. The molecule has 1 heterocycles. The number of fused-ring (bicyclic) bond motifs is 1. The highest BCUT2D eigenvalue weighted by molar-refractivity contribution is 6.08. The number of hydrogen-bond acceptors (Lipinski definition) is 7. The van der Waals surface area contributed by atoms with Gasteiger partial charge in [-0.2, -0.15) is 0 Å². The number of ketones is 1. The van der Waals surface area contributed by atoms with Crippen molar-refractivity contribution in [2.24, 2.45) is 11.8 Å². The van der Waals surface area contributed by atoms with Crippen molar-refractivity contribution in [2.45, 2.75) is 38.6 Å². The van der Waals surface area contributed by atoms with Gasteiger partial charge in [-0.15, -0.1) is 0 Å². The zero-order chi connectivity index (χ0) is 21.1. The number of imide groups is 1. The lowest BCUT2D eigenvalue weighted by atomic mass is 9.81. The van der Waals surface area contributed by atoms with Crippen LogP contribution in [-0.4, -0.2) is 55.3 Å². The van der Waals surface area contributed by atoms with Crippen molar-refractivity contribution in [3.8, 4) is 11.5 Å². The average Bonchev–Trinajstić information content (AvgIpc) is 3.01. The van der Waals surface area contributed by atoms with Gasteiger partial charge < -0.3 is 14.2 Å². The van der Waals surface area contributed by atoms with Crippen molar-refractivity contribution in [3.63, 3.8) is 0 Å². The van der Waals surface area contributed by atoms with Gasteiger partial charge in [0.15, 0.2) is 6.61 Å². The van der Waals surface area contributed by atoms with E-state index >= 15 is 0 Å². The van der Waals surface area contributed by atoms with Crippen LogP contribution in [0.1, 0.15) is 43.0 Å². The predicted octanol–water partition coefficient (Wildman–Crippen LogP) is 1.99. The van der Waals surface area contributed by atoms with Crippen LogP contribution in [0.3, 0.4) is 0 Å². The first-order valence-corrected chi connectivity index (χ1v) is 9.67. The highest BCUT2D eigenvalue weighted by Crippen LogP contribution is 2.39. The van der Waals surface area contributed by atoms with E-state index in [1.165, 1.54) is 27.2 Å². The molecule has 1 aliphatic carbocycles. The van der Waals surface area contributed by atoms with Crippen LogP contribution < -0.4 is 9.47 Å². The summed E-state index contributed by atoms with van der Waals surface area (Å²) in [6.45, 7) is 0.933. The molecule has 0 aromatic heterocycles. The number of likely N-dealkylation sites (tertiary alicyclic amines) is 1. The van der Waals surface area contributed by atoms with E-state index in [0.29, 0.717) is 24.3 Å². The Labute approximate surface area is 169 Å². The minimum absolute atomic E-state index is 0.244. The molecule has 3 atom stereocenters. The molecule has 2 aliphatic rings. The van der Waals surface area contributed by atoms with E-state index in [0.717, 1.165) is 17.7 Å². The Hall–Kier alpha value is -2.90. The smallest absolute Gasteiger partial charge is 0.329 e. The summed E-state index contributed by atoms with van der Waals surface area (Å²) in [6.07, 6.45) is 3.16. The van der Waals surface area contributed by atoms with Gasteiger partial charge in [-0.25, -0.2) is 4.79 Å². The van der Waals surface area contributed by atoms with Gasteiger partial charge in [0.05, 0.1) is 31.6 Å². The predicted molar refractivity (Wildman–Crippen MR) is 102 cm³/mol. The molecule has 3 rings (SSSR count). The number of ether oxygens (including phenoxy) is 3. The number of carbonyl (C=O) groups excluding carboxylic acids is 4. The molecule has 1 aromatic carbocycles. The molecule has 8 heteroatoms. The molecule has 0 radical (unpaired) electrons. The molecule has 156 valence electrons. The van der Waals surface area contributed by atoms with Crippen molar-refractivity contribution in [3.05, 3.63) is 23.8 Å². The summed E-state index contributed by atoms with van der Waals surface area (Å²) in [7, 11) is 2.92. The van der Waals surface area contributed by atoms with E-state index in [1.54, 1.807) is 12.1 Å². The molecule has 0 N–H and O–H groups in total. The van der Waals surface area contributed by atoms with E-state index in [1.807, 2.05) is 0 Å². The number of carbonyl (C=O) groups is 4. The lowest BCUT2D eigenvalue weighted by Crippen LogP contribution is -2.44. The molecule has 0 bridgehead atoms. The molecule has 2 fully saturated rings. The molecule has 3 unspecified atom stereocenters. The number of esters is 1. The Morgan fingerprint density at radius 1 is 1.07 bits per heavy atom. The normalized spacial score (nSPS) is 22.1. The highest BCUT2D eigenvalue weighted by Gasteiger charge is 2.51. The fourth-order valence-electron chi connectivity index (χ4n) is 4.04. The van der Waals surface area contributed by atoms with E-state index < -0.39 is 24.4 Å². The minimum Gasteiger partial charge on any atom is -0.497 e. The Balaban J connectivity index is 1.64. The topological polar surface area (TPSA) is 99.2 Å². The van der Waals surface area contributed by atoms with Crippen molar-refractivity contribution in [1.82, 2.24) is 4.90 Å². The molecule has 1 aliphatic heterocycles. The van der Waals surface area contributed by atoms with Crippen molar-refractivity contribution < 1.29 is 33.4 Å². The van der Waals surface area contributed by atoms with Crippen LogP contribution in [0.25, 0.3) is 0 Å². The molecule has 1 saturated carbocycles. The van der Waals surface area contributed by atoms with Gasteiger partial charge in [-0.1, -0.05) is 12.8 Å². The highest BCUT2D eigenvalue weighted by atomic mass is 16.5. The average molecular weight is 403 g/mol. The summed E-state index contributed by atoms with van der Waals surface area (Å²) in [6, 6.07) is 3.62. The quantitative estimate of drug-likeness (QED) is 0.390. The summed E-state index contributed by atoms with van der Waals surface area (Å²) in [5, 5.41) is 0. The summed E-state index contributed by atoms with van der Waals surface area (Å²) in [5.41, 5.74) is 0.244. The molecule has 1 saturated heterocycles. The van der Waals surface area contributed by atoms with Gasteiger partial charge in [0.2, 0.25) is 17.6 Å². The van der Waals surface area contributed by atoms with Gasteiger partial charge in [-0.3, -0.25) is 19.3 Å². The van der Waals surface area contributed by atoms with E-state index in [-0.39, 0.29) is 29.2 Å². The molecule has 29 heavy (non-hydrogen) atoms. The Bertz CT molecular complexity index is 810. The fraction of sp³-hybridized carbons (Fsp3) is 0.524. The van der Waals surface area contributed by atoms with Crippen molar-refractivity contribution >= 4 is 23.6 Å². The molecule has 2 amide bonds. The zero-order valence-electron chi connectivity index (χ0n) is 16.8. The van der Waals surface area contributed by atoms with Crippen molar-refractivity contribution in [2.75, 3.05) is 20.8 Å². The van der Waals surface area contributed by atoms with E-state index in [4.69, 9.17) is 14.2 Å². The van der Waals surface area contributed by atoms with Crippen LogP contribution in [0.5, 0.6) is 11.5 Å². The third-order valence-corrected chi connectivity index (χ3v) is 5.66. The van der Waals surface area contributed by atoms with Crippen LogP contribution in [0.4, 0.5) is 0 Å². The Morgan fingerprint density at radius 2 is 1.69 bits per heavy atom. The van der Waals surface area contributed by atoms with Crippen molar-refractivity contribution in [1.29, 1.82) is 0 Å². The fourth-order valence-corrected chi connectivity index (χ4v) is 4.04. The van der Waals surface area contributed by atoms with Gasteiger partial charge in [0.25, 0.3) is 0 Å². The van der Waals surface area contributed by atoms with Gasteiger partial charge >= 0.3 is 5.97 Å². The number of nitrogens with zero attached hydrogens (tertiary/aromatic N) is 1. The van der Waals surface area contributed by atoms with Crippen LogP contribution >= 0.6 is 0 Å². The maximum absolute atomic E-state index is 12.6. The number of amides is 2. The summed E-state index contributed by atoms with van der Waals surface area (Å²) >= 11 is 0. The molecule has 8 nitrogen and oxygen atoms in total. The number of rotatable bonds is 7. The molecule has 0 spiro atoms. The van der Waals surface area contributed by atoms with Crippen LogP contribution in [-0.2, 0) is 19.1 Å². The molecular formula is C21H25NO7. The first-order chi connectivity index (χ1) is 13.9. The third-order valence-electron chi connectivity index (χ3n) is 5.66. The third kappa shape index (κ3) is 3.97. The first-order valence-electron chi connectivity index (χ1n) is 9.67. The Kier molecular flexibility index (Phi) is 6.20. The Morgan fingerprint density at radius 3 is 2.24 bits per heavy atom. The van der Waals surface area contributed by atoms with Gasteiger partial charge in [-0.05, 0) is 31.9 Å². The second kappa shape index (κ2) is 8.63. The van der Waals surface area contributed by atoms with Crippen LogP contribution in [0.2, 0.25) is 0 Å². The number of benzene rings is 1.